The van der Waals surface area contributed by atoms with Crippen LogP contribution in [0.2, 0.25) is 0 Å². The molecule has 0 spiro atoms. The summed E-state index contributed by atoms with van der Waals surface area (Å²) in [6, 6.07) is 3.80. The van der Waals surface area contributed by atoms with Crippen LogP contribution in [0.4, 0.5) is 0 Å². The van der Waals surface area contributed by atoms with Crippen molar-refractivity contribution in [3.63, 3.8) is 0 Å². The number of allylic oxidation sites excluding steroid dienone is 3. The highest BCUT2D eigenvalue weighted by Gasteiger charge is 2.39. The highest BCUT2D eigenvalue weighted by molar-refractivity contribution is 5.99. The van der Waals surface area contributed by atoms with Crippen LogP contribution < -0.4 is 5.73 Å². The van der Waals surface area contributed by atoms with Crippen LogP contribution in [0.25, 0.3) is 0 Å². The number of ketones is 1. The molecule has 20 heavy (non-hydrogen) atoms. The molecule has 2 atom stereocenters. The molecule has 3 rings (SSSR count). The second-order valence-corrected chi connectivity index (χ2v) is 5.25. The Balaban J connectivity index is 2.16. The molecule has 2 N–H and O–H groups in total. The highest BCUT2D eigenvalue weighted by Crippen LogP contribution is 2.44. The second kappa shape index (κ2) is 4.57. The predicted octanol–water partition coefficient (Wildman–Crippen LogP) is 2.34. The zero-order valence-corrected chi connectivity index (χ0v) is 11.1. The lowest BCUT2D eigenvalue weighted by molar-refractivity contribution is -0.117. The first-order chi connectivity index (χ1) is 9.61. The van der Waals surface area contributed by atoms with Gasteiger partial charge in [-0.25, -0.2) is 0 Å². The highest BCUT2D eigenvalue weighted by atomic mass is 16.5. The third-order valence-corrected chi connectivity index (χ3v) is 3.74. The van der Waals surface area contributed by atoms with Crippen molar-refractivity contribution in [3.05, 3.63) is 46.9 Å². The first-order valence-corrected chi connectivity index (χ1v) is 6.47. The van der Waals surface area contributed by atoms with Crippen molar-refractivity contribution in [1.82, 2.24) is 0 Å². The maximum Gasteiger partial charge on any atom is 0.205 e. The molecule has 1 aromatic rings. The summed E-state index contributed by atoms with van der Waals surface area (Å²) in [5.74, 6) is 0.450. The zero-order valence-electron chi connectivity index (χ0n) is 11.1. The number of nitrogens with zero attached hydrogens (tertiary/aromatic N) is 1. The van der Waals surface area contributed by atoms with E-state index in [-0.39, 0.29) is 23.2 Å². The van der Waals surface area contributed by atoms with E-state index in [4.69, 9.17) is 14.9 Å². The lowest BCUT2D eigenvalue weighted by Crippen LogP contribution is -2.29. The van der Waals surface area contributed by atoms with Crippen molar-refractivity contribution in [3.8, 4) is 6.07 Å². The molecule has 1 aliphatic carbocycles. The smallest absolute Gasteiger partial charge is 0.205 e. The molecule has 0 amide bonds. The molecule has 1 aromatic heterocycles. The van der Waals surface area contributed by atoms with Gasteiger partial charge in [0.1, 0.15) is 17.4 Å². The van der Waals surface area contributed by atoms with Gasteiger partial charge in [0.05, 0.1) is 18.4 Å². The Morgan fingerprint density at radius 3 is 2.90 bits per heavy atom. The van der Waals surface area contributed by atoms with E-state index in [1.807, 2.05) is 6.92 Å². The normalized spacial score (nSPS) is 26.1. The van der Waals surface area contributed by atoms with Crippen LogP contribution >= 0.6 is 0 Å². The maximum absolute atomic E-state index is 12.4. The Morgan fingerprint density at radius 1 is 1.45 bits per heavy atom. The minimum Gasteiger partial charge on any atom is -0.472 e. The lowest BCUT2D eigenvalue weighted by Gasteiger charge is -2.32. The van der Waals surface area contributed by atoms with E-state index < -0.39 is 5.92 Å². The molecule has 5 heteroatoms. The molecule has 0 unspecified atom stereocenters. The largest absolute Gasteiger partial charge is 0.472 e. The van der Waals surface area contributed by atoms with Crippen LogP contribution in [-0.2, 0) is 9.53 Å². The standard InChI is InChI=1S/C15H14N2O3/c1-8-4-11(18)14-12(5-8)20-15(17)10(6-16)13(14)9-2-3-19-7-9/h2-3,7-8,13H,4-5,17H2,1H3/t8-,13+/m1/s1. The number of nitrogens with two attached hydrogens (primary N) is 1. The van der Waals surface area contributed by atoms with Gasteiger partial charge in [-0.2, -0.15) is 5.26 Å². The van der Waals surface area contributed by atoms with Crippen molar-refractivity contribution in [2.75, 3.05) is 0 Å². The van der Waals surface area contributed by atoms with E-state index in [1.54, 1.807) is 6.07 Å². The van der Waals surface area contributed by atoms with Crippen molar-refractivity contribution < 1.29 is 13.9 Å². The van der Waals surface area contributed by atoms with E-state index in [0.29, 0.717) is 24.2 Å². The number of hydrogen-bond acceptors (Lipinski definition) is 5. The van der Waals surface area contributed by atoms with Crippen molar-refractivity contribution in [1.29, 1.82) is 5.26 Å². The molecule has 2 heterocycles. The molecule has 1 aliphatic heterocycles. The van der Waals surface area contributed by atoms with Gasteiger partial charge in [-0.3, -0.25) is 4.79 Å². The topological polar surface area (TPSA) is 89.2 Å². The van der Waals surface area contributed by atoms with Crippen molar-refractivity contribution in [2.45, 2.75) is 25.7 Å². The van der Waals surface area contributed by atoms with E-state index in [1.165, 1.54) is 12.5 Å². The molecular weight excluding hydrogens is 256 g/mol. The predicted molar refractivity (Wildman–Crippen MR) is 69.8 cm³/mol. The number of carbonyl (C=O) groups excluding carboxylic acids is 1. The molecule has 0 saturated heterocycles. The van der Waals surface area contributed by atoms with Crippen LogP contribution in [0.1, 0.15) is 31.2 Å². The Labute approximate surface area is 116 Å². The molecule has 0 radical (unpaired) electrons. The van der Waals surface area contributed by atoms with E-state index in [2.05, 4.69) is 6.07 Å². The Morgan fingerprint density at radius 2 is 2.25 bits per heavy atom. The number of Topliss-reactive ketones (excluding diaryl/α,β-unsaturated/α-hetero) is 1. The second-order valence-electron chi connectivity index (χ2n) is 5.25. The van der Waals surface area contributed by atoms with Crippen molar-refractivity contribution >= 4 is 5.78 Å². The van der Waals surface area contributed by atoms with Gasteiger partial charge in [0, 0.05) is 24.0 Å². The summed E-state index contributed by atoms with van der Waals surface area (Å²) in [7, 11) is 0. The fourth-order valence-corrected chi connectivity index (χ4v) is 2.87. The number of nitriles is 1. The molecule has 0 aromatic carbocycles. The number of furan rings is 1. The molecule has 0 fully saturated rings. The summed E-state index contributed by atoms with van der Waals surface area (Å²) < 4.78 is 10.6. The first-order valence-electron chi connectivity index (χ1n) is 6.47. The molecular formula is C15H14N2O3. The van der Waals surface area contributed by atoms with Gasteiger partial charge < -0.3 is 14.9 Å². The Bertz CT molecular complexity index is 662. The van der Waals surface area contributed by atoms with E-state index in [0.717, 1.165) is 5.56 Å². The summed E-state index contributed by atoms with van der Waals surface area (Å²) in [5.41, 5.74) is 7.42. The number of carbonyl (C=O) groups is 1. The molecule has 2 aliphatic rings. The number of hydrogen-bond donors (Lipinski definition) is 1. The van der Waals surface area contributed by atoms with Crippen molar-refractivity contribution in [2.24, 2.45) is 11.7 Å². The minimum absolute atomic E-state index is 0.0187. The third-order valence-electron chi connectivity index (χ3n) is 3.74. The fourth-order valence-electron chi connectivity index (χ4n) is 2.87. The van der Waals surface area contributed by atoms with Crippen LogP contribution in [0.5, 0.6) is 0 Å². The van der Waals surface area contributed by atoms with E-state index in [9.17, 15) is 10.1 Å². The summed E-state index contributed by atoms with van der Waals surface area (Å²) in [6.45, 7) is 2.00. The monoisotopic (exact) mass is 270 g/mol. The molecule has 0 bridgehead atoms. The zero-order chi connectivity index (χ0) is 14.3. The minimum atomic E-state index is -0.470. The average molecular weight is 270 g/mol. The van der Waals surface area contributed by atoms with Gasteiger partial charge in [-0.15, -0.1) is 0 Å². The number of ether oxygens (including phenoxy) is 1. The van der Waals surface area contributed by atoms with Gasteiger partial charge in [0.25, 0.3) is 0 Å². The number of rotatable bonds is 1. The van der Waals surface area contributed by atoms with Gasteiger partial charge in [-0.05, 0) is 12.0 Å². The molecule has 5 nitrogen and oxygen atoms in total. The quantitative estimate of drug-likeness (QED) is 0.846. The third kappa shape index (κ3) is 1.81. The molecule has 0 saturated carbocycles. The summed E-state index contributed by atoms with van der Waals surface area (Å²) in [6.07, 6.45) is 4.19. The van der Waals surface area contributed by atoms with E-state index >= 15 is 0 Å². The van der Waals surface area contributed by atoms with Gasteiger partial charge in [0.15, 0.2) is 5.78 Å². The van der Waals surface area contributed by atoms with Crippen LogP contribution in [-0.4, -0.2) is 5.78 Å². The lowest BCUT2D eigenvalue weighted by atomic mass is 9.76. The van der Waals surface area contributed by atoms with Gasteiger partial charge >= 0.3 is 0 Å². The van der Waals surface area contributed by atoms with Crippen LogP contribution in [0, 0.1) is 17.2 Å². The first kappa shape index (κ1) is 12.5. The summed E-state index contributed by atoms with van der Waals surface area (Å²) >= 11 is 0. The van der Waals surface area contributed by atoms with Crippen LogP contribution in [0.3, 0.4) is 0 Å². The van der Waals surface area contributed by atoms with Crippen LogP contribution in [0.15, 0.2) is 45.8 Å². The average Bonchev–Trinajstić information content (AvgIpc) is 2.90. The molecule has 102 valence electrons. The fraction of sp³-hybridized carbons (Fsp3) is 0.333. The van der Waals surface area contributed by atoms with Gasteiger partial charge in [-0.1, -0.05) is 6.92 Å². The summed E-state index contributed by atoms with van der Waals surface area (Å²) in [4.78, 5) is 12.4. The Hall–Kier alpha value is -2.48. The summed E-state index contributed by atoms with van der Waals surface area (Å²) in [5, 5.41) is 9.33. The maximum atomic E-state index is 12.4. The Kier molecular flexibility index (Phi) is 2.87. The SMILES string of the molecule is C[C@@H]1CC(=O)C2=C(C1)OC(N)=C(C#N)[C@@H]2c1ccoc1. The van der Waals surface area contributed by atoms with Gasteiger partial charge in [0.2, 0.25) is 5.88 Å².